The first-order chi connectivity index (χ1) is 19.4. The van der Waals surface area contributed by atoms with E-state index in [-0.39, 0.29) is 29.4 Å². The average Bonchev–Trinajstić information content (AvgIpc) is 3.00. The van der Waals surface area contributed by atoms with Gasteiger partial charge in [0.05, 0.1) is 0 Å². The Balaban J connectivity index is 1.27. The van der Waals surface area contributed by atoms with E-state index in [4.69, 9.17) is 4.74 Å². The van der Waals surface area contributed by atoms with Gasteiger partial charge in [-0.1, -0.05) is 68.2 Å². The molecule has 1 nitrogen and oxygen atoms in total. The maximum absolute atomic E-state index is 15.3. The van der Waals surface area contributed by atoms with Gasteiger partial charge in [0.25, 0.3) is 0 Å². The summed E-state index contributed by atoms with van der Waals surface area (Å²) in [6, 6.07) is 12.5. The molecule has 0 aliphatic heterocycles. The van der Waals surface area contributed by atoms with E-state index in [9.17, 15) is 8.78 Å². The minimum absolute atomic E-state index is 0.0467. The quantitative estimate of drug-likeness (QED) is 0.155. The lowest BCUT2D eigenvalue weighted by Gasteiger charge is -2.38. The molecule has 2 aliphatic rings. The van der Waals surface area contributed by atoms with E-state index in [1.165, 1.54) is 50.2 Å². The smallest absolute Gasteiger partial charge is 0.201 e. The van der Waals surface area contributed by atoms with Gasteiger partial charge in [0.2, 0.25) is 5.82 Å². The molecule has 6 heteroatoms. The molecule has 2 saturated carbocycles. The third-order valence-electron chi connectivity index (χ3n) is 9.37. The van der Waals surface area contributed by atoms with E-state index in [1.807, 2.05) is 0 Å². The zero-order valence-electron chi connectivity index (χ0n) is 23.2. The number of hydrogen-bond acceptors (Lipinski definition) is 1. The van der Waals surface area contributed by atoms with Crippen molar-refractivity contribution in [2.24, 2.45) is 17.8 Å². The number of halogens is 4. The van der Waals surface area contributed by atoms with Gasteiger partial charge in [0.1, 0.15) is 14.5 Å². The fraction of sp³-hybridized carbons (Fsp3) is 0.412. The van der Waals surface area contributed by atoms with Crippen LogP contribution in [0.2, 0.25) is 6.32 Å². The fourth-order valence-electron chi connectivity index (χ4n) is 6.92. The molecule has 2 aliphatic carbocycles. The maximum atomic E-state index is 15.3. The minimum Gasteiger partial charge on any atom is -0.486 e. The molecule has 3 aromatic rings. The van der Waals surface area contributed by atoms with Gasteiger partial charge in [-0.05, 0) is 91.0 Å². The van der Waals surface area contributed by atoms with Crippen LogP contribution >= 0.6 is 0 Å². The van der Waals surface area contributed by atoms with Gasteiger partial charge in [-0.3, -0.25) is 0 Å². The van der Waals surface area contributed by atoms with E-state index >= 15 is 8.78 Å². The topological polar surface area (TPSA) is 9.23 Å². The van der Waals surface area contributed by atoms with E-state index in [0.29, 0.717) is 22.6 Å². The number of ether oxygens (including phenoxy) is 1. The van der Waals surface area contributed by atoms with Crippen molar-refractivity contribution in [1.29, 1.82) is 0 Å². The van der Waals surface area contributed by atoms with Gasteiger partial charge in [-0.2, -0.15) is 4.39 Å². The lowest BCUT2D eigenvalue weighted by Crippen LogP contribution is -2.25. The predicted octanol–water partition coefficient (Wildman–Crippen LogP) is 9.27. The molecule has 0 aromatic heterocycles. The summed E-state index contributed by atoms with van der Waals surface area (Å²) in [5.41, 5.74) is 1.60. The summed E-state index contributed by atoms with van der Waals surface area (Å²) >= 11 is 0. The molecule has 0 saturated heterocycles. The van der Waals surface area contributed by atoms with Gasteiger partial charge in [0.15, 0.2) is 23.2 Å². The third kappa shape index (κ3) is 5.87. The molecule has 2 fully saturated rings. The third-order valence-corrected chi connectivity index (χ3v) is 9.37. The van der Waals surface area contributed by atoms with Crippen molar-refractivity contribution in [3.05, 3.63) is 90.0 Å². The SMILES string of the molecule is BCC1CCC(C2CCC(c3ccc(-c4ccc(-c5ccc(OCC=C)c(F)c5F)cc4)c(F)c3F)CC2)CC1. The summed E-state index contributed by atoms with van der Waals surface area (Å²) in [7, 11) is 2.29. The summed E-state index contributed by atoms with van der Waals surface area (Å²) in [5.74, 6) is -1.48. The van der Waals surface area contributed by atoms with Crippen LogP contribution in [0.15, 0.2) is 61.2 Å². The van der Waals surface area contributed by atoms with Gasteiger partial charge < -0.3 is 4.74 Å². The molecule has 0 atom stereocenters. The Morgan fingerprint density at radius 2 is 1.20 bits per heavy atom. The second-order valence-electron chi connectivity index (χ2n) is 11.5. The number of rotatable bonds is 8. The Labute approximate surface area is 236 Å². The molecule has 0 N–H and O–H groups in total. The van der Waals surface area contributed by atoms with Crippen LogP contribution in [0.4, 0.5) is 17.6 Å². The highest BCUT2D eigenvalue weighted by molar-refractivity contribution is 6.08. The summed E-state index contributed by atoms with van der Waals surface area (Å²) < 4.78 is 64.9. The van der Waals surface area contributed by atoms with Crippen molar-refractivity contribution in [3.63, 3.8) is 0 Å². The van der Waals surface area contributed by atoms with Crippen LogP contribution in [0.5, 0.6) is 5.75 Å². The molecule has 3 aromatic carbocycles. The number of benzene rings is 3. The highest BCUT2D eigenvalue weighted by Gasteiger charge is 2.32. The zero-order chi connectivity index (χ0) is 28.2. The van der Waals surface area contributed by atoms with E-state index < -0.39 is 23.3 Å². The van der Waals surface area contributed by atoms with Crippen molar-refractivity contribution >= 4 is 7.85 Å². The molecule has 0 radical (unpaired) electrons. The van der Waals surface area contributed by atoms with Crippen molar-refractivity contribution in [2.45, 2.75) is 63.6 Å². The van der Waals surface area contributed by atoms with Gasteiger partial charge in [0, 0.05) is 11.1 Å². The monoisotopic (exact) mass is 548 g/mol. The van der Waals surface area contributed by atoms with E-state index in [2.05, 4.69) is 14.4 Å². The normalized spacial score (nSPS) is 23.1. The van der Waals surface area contributed by atoms with Gasteiger partial charge >= 0.3 is 0 Å². The minimum atomic E-state index is -1.08. The van der Waals surface area contributed by atoms with Crippen molar-refractivity contribution < 1.29 is 22.3 Å². The Kier molecular flexibility index (Phi) is 9.02. The lowest BCUT2D eigenvalue weighted by molar-refractivity contribution is 0.164. The maximum Gasteiger partial charge on any atom is 0.201 e. The highest BCUT2D eigenvalue weighted by atomic mass is 19.2. The van der Waals surface area contributed by atoms with Crippen LogP contribution in [0.3, 0.4) is 0 Å². The molecule has 0 spiro atoms. The number of hydrogen-bond donors (Lipinski definition) is 0. The second kappa shape index (κ2) is 12.7. The van der Waals surface area contributed by atoms with Crippen molar-refractivity contribution in [1.82, 2.24) is 0 Å². The van der Waals surface area contributed by atoms with Crippen LogP contribution in [0.1, 0.15) is 62.8 Å². The molecule has 210 valence electrons. The summed E-state index contributed by atoms with van der Waals surface area (Å²) in [6.45, 7) is 3.56. The molecule has 0 heterocycles. The molecular weight excluding hydrogens is 511 g/mol. The Hall–Kier alpha value is -3.02. The van der Waals surface area contributed by atoms with Crippen LogP contribution in [0.25, 0.3) is 22.3 Å². The molecule has 5 rings (SSSR count). The van der Waals surface area contributed by atoms with Crippen LogP contribution in [-0.2, 0) is 0 Å². The average molecular weight is 548 g/mol. The molecule has 40 heavy (non-hydrogen) atoms. The van der Waals surface area contributed by atoms with Gasteiger partial charge in [-0.25, -0.2) is 13.2 Å². The molecule has 0 unspecified atom stereocenters. The lowest BCUT2D eigenvalue weighted by atomic mass is 9.67. The van der Waals surface area contributed by atoms with E-state index in [1.54, 1.807) is 36.4 Å². The Bertz CT molecular complexity index is 1320. The van der Waals surface area contributed by atoms with Gasteiger partial charge in [-0.15, -0.1) is 0 Å². The molecule has 0 amide bonds. The summed E-state index contributed by atoms with van der Waals surface area (Å²) in [5, 5.41) is 0. The second-order valence-corrected chi connectivity index (χ2v) is 11.5. The first-order valence-electron chi connectivity index (χ1n) is 14.7. The first kappa shape index (κ1) is 28.5. The van der Waals surface area contributed by atoms with E-state index in [0.717, 1.165) is 37.5 Å². The first-order valence-corrected chi connectivity index (χ1v) is 14.7. The fourth-order valence-corrected chi connectivity index (χ4v) is 6.92. The van der Waals surface area contributed by atoms with Crippen molar-refractivity contribution in [2.75, 3.05) is 6.61 Å². The standard InChI is InChI=1S/C34H37BF4O/c1-2-19-40-30-18-17-29(33(38)34(30)39)26-13-11-25(12-14-26)28-16-15-27(31(36)32(28)37)24-9-7-23(8-10-24)22-5-3-21(20-35)4-6-22/h2,11-18,21-24H,1,3-10,19-20,35H2. The summed E-state index contributed by atoms with van der Waals surface area (Å²) in [4.78, 5) is 0. The zero-order valence-corrected chi connectivity index (χ0v) is 23.2. The summed E-state index contributed by atoms with van der Waals surface area (Å²) in [6.07, 6.45) is 12.0. The Morgan fingerprint density at radius 1 is 0.675 bits per heavy atom. The van der Waals surface area contributed by atoms with Crippen LogP contribution in [0, 0.1) is 41.0 Å². The highest BCUT2D eigenvalue weighted by Crippen LogP contribution is 2.45. The van der Waals surface area contributed by atoms with Crippen molar-refractivity contribution in [3.8, 4) is 28.0 Å². The largest absolute Gasteiger partial charge is 0.486 e. The Morgan fingerprint density at radius 3 is 1.75 bits per heavy atom. The molecule has 0 bridgehead atoms. The van der Waals surface area contributed by atoms with Crippen LogP contribution in [-0.4, -0.2) is 14.5 Å². The predicted molar refractivity (Wildman–Crippen MR) is 156 cm³/mol. The molecular formula is C34H37BF4O. The van der Waals surface area contributed by atoms with Crippen LogP contribution < -0.4 is 4.74 Å².